The molecule has 4 nitrogen and oxygen atoms in total. The highest BCUT2D eigenvalue weighted by Gasteiger charge is 2.14. The minimum atomic E-state index is -0.166. The van der Waals surface area contributed by atoms with Crippen LogP contribution in [-0.2, 0) is 6.54 Å². The largest absolute Gasteiger partial charge is 0.348 e. The van der Waals surface area contributed by atoms with Crippen LogP contribution in [0.3, 0.4) is 0 Å². The van der Waals surface area contributed by atoms with Crippen molar-refractivity contribution in [3.63, 3.8) is 0 Å². The fraction of sp³-hybridized carbons (Fsp3) is 0.714. The Morgan fingerprint density at radius 3 is 2.47 bits per heavy atom. The van der Waals surface area contributed by atoms with Crippen molar-refractivity contribution in [2.45, 2.75) is 53.6 Å². The predicted octanol–water partition coefficient (Wildman–Crippen LogP) is 2.65. The van der Waals surface area contributed by atoms with Gasteiger partial charge in [-0.2, -0.15) is 4.98 Å². The van der Waals surface area contributed by atoms with Crippen LogP contribution in [0.1, 0.15) is 39.1 Å². The lowest BCUT2D eigenvalue weighted by Crippen LogP contribution is -2.40. The summed E-state index contributed by atoms with van der Waals surface area (Å²) in [6.45, 7) is 13.9. The molecule has 1 aromatic heterocycles. The van der Waals surface area contributed by atoms with Gasteiger partial charge in [-0.25, -0.2) is 4.79 Å². The summed E-state index contributed by atoms with van der Waals surface area (Å²) in [6, 6.07) is 0. The topological polar surface area (TPSA) is 46.9 Å². The molecule has 0 aliphatic heterocycles. The van der Waals surface area contributed by atoms with Gasteiger partial charge in [0.25, 0.3) is 0 Å². The van der Waals surface area contributed by atoms with Gasteiger partial charge < -0.3 is 5.32 Å². The molecule has 0 amide bonds. The Labute approximate surface area is 123 Å². The van der Waals surface area contributed by atoms with E-state index in [2.05, 4.69) is 53.9 Å². The number of hydrogen-bond acceptors (Lipinski definition) is 3. The van der Waals surface area contributed by atoms with Gasteiger partial charge in [0.15, 0.2) is 0 Å². The molecular formula is C14H24BrN3O. The fourth-order valence-electron chi connectivity index (χ4n) is 1.85. The minimum Gasteiger partial charge on any atom is -0.312 e. The predicted molar refractivity (Wildman–Crippen MR) is 82.6 cm³/mol. The first kappa shape index (κ1) is 16.4. The quantitative estimate of drug-likeness (QED) is 0.923. The molecular weight excluding hydrogens is 306 g/mol. The summed E-state index contributed by atoms with van der Waals surface area (Å²) in [5.41, 5.74) is 1.63. The Hall–Kier alpha value is -0.680. The molecule has 1 rings (SSSR count). The molecule has 1 atom stereocenters. The lowest BCUT2D eigenvalue weighted by molar-refractivity contribution is 0.354. The van der Waals surface area contributed by atoms with E-state index in [9.17, 15) is 4.79 Å². The molecule has 0 spiro atoms. The van der Waals surface area contributed by atoms with Gasteiger partial charge in [-0.1, -0.05) is 6.92 Å². The highest BCUT2D eigenvalue weighted by atomic mass is 79.9. The first-order chi connectivity index (χ1) is 8.61. The molecule has 1 N–H and O–H groups in total. The van der Waals surface area contributed by atoms with Gasteiger partial charge in [-0.05, 0) is 63.0 Å². The summed E-state index contributed by atoms with van der Waals surface area (Å²) < 4.78 is 2.66. The second-order valence-corrected chi connectivity index (χ2v) is 7.02. The average Bonchev–Trinajstić information content (AvgIpc) is 2.28. The molecule has 0 saturated heterocycles. The van der Waals surface area contributed by atoms with Gasteiger partial charge in [-0.3, -0.25) is 4.57 Å². The number of nitrogens with one attached hydrogen (secondary N) is 1. The SMILES string of the molecule is Cc1nc(=O)n(CC(C)CNC(C)(C)C)c(C)c1Br. The number of halogens is 1. The van der Waals surface area contributed by atoms with Gasteiger partial charge in [0.2, 0.25) is 0 Å². The summed E-state index contributed by atoms with van der Waals surface area (Å²) in [5, 5.41) is 3.46. The molecule has 0 fully saturated rings. The van der Waals surface area contributed by atoms with Crippen molar-refractivity contribution in [2.75, 3.05) is 6.54 Å². The van der Waals surface area contributed by atoms with Crippen LogP contribution in [0.4, 0.5) is 0 Å². The molecule has 108 valence electrons. The first-order valence-corrected chi connectivity index (χ1v) is 7.39. The van der Waals surface area contributed by atoms with E-state index in [0.717, 1.165) is 22.4 Å². The molecule has 0 aliphatic carbocycles. The van der Waals surface area contributed by atoms with Crippen molar-refractivity contribution in [1.82, 2.24) is 14.9 Å². The third-order valence-electron chi connectivity index (χ3n) is 3.01. The molecule has 0 bridgehead atoms. The van der Waals surface area contributed by atoms with Crippen molar-refractivity contribution in [1.29, 1.82) is 0 Å². The zero-order valence-corrected chi connectivity index (χ0v) is 14.3. The summed E-state index contributed by atoms with van der Waals surface area (Å²) in [7, 11) is 0. The van der Waals surface area contributed by atoms with Gasteiger partial charge >= 0.3 is 5.69 Å². The molecule has 0 aliphatic rings. The third-order valence-corrected chi connectivity index (χ3v) is 4.16. The van der Waals surface area contributed by atoms with Gasteiger partial charge in [0.05, 0.1) is 10.2 Å². The molecule has 0 aromatic carbocycles. The van der Waals surface area contributed by atoms with E-state index in [4.69, 9.17) is 0 Å². The lowest BCUT2D eigenvalue weighted by Gasteiger charge is -2.24. The zero-order valence-electron chi connectivity index (χ0n) is 12.7. The Morgan fingerprint density at radius 1 is 1.37 bits per heavy atom. The summed E-state index contributed by atoms with van der Waals surface area (Å²) in [5.74, 6) is 0.368. The zero-order chi connectivity index (χ0) is 14.8. The average molecular weight is 330 g/mol. The number of hydrogen-bond donors (Lipinski definition) is 1. The first-order valence-electron chi connectivity index (χ1n) is 6.60. The van der Waals surface area contributed by atoms with Crippen LogP contribution in [0.5, 0.6) is 0 Å². The molecule has 0 saturated carbocycles. The fourth-order valence-corrected chi connectivity index (χ4v) is 2.15. The van der Waals surface area contributed by atoms with E-state index in [1.165, 1.54) is 0 Å². The molecule has 19 heavy (non-hydrogen) atoms. The smallest absolute Gasteiger partial charge is 0.312 e. The van der Waals surface area contributed by atoms with Crippen LogP contribution < -0.4 is 11.0 Å². The van der Waals surface area contributed by atoms with Crippen molar-refractivity contribution in [3.8, 4) is 0 Å². The van der Waals surface area contributed by atoms with Gasteiger partial charge in [-0.15, -0.1) is 0 Å². The van der Waals surface area contributed by atoms with Gasteiger partial charge in [0.1, 0.15) is 0 Å². The van der Waals surface area contributed by atoms with Crippen LogP contribution in [-0.4, -0.2) is 21.6 Å². The Balaban J connectivity index is 2.83. The van der Waals surface area contributed by atoms with Gasteiger partial charge in [0, 0.05) is 17.8 Å². The normalized spacial score (nSPS) is 13.6. The minimum absolute atomic E-state index is 0.0976. The molecule has 1 unspecified atom stereocenters. The van der Waals surface area contributed by atoms with E-state index >= 15 is 0 Å². The van der Waals surface area contributed by atoms with Crippen LogP contribution in [0.15, 0.2) is 9.27 Å². The van der Waals surface area contributed by atoms with Crippen LogP contribution in [0.25, 0.3) is 0 Å². The standard InChI is InChI=1S/C14H24BrN3O/c1-9(7-16-14(4,5)6)8-18-11(3)12(15)10(2)17-13(18)19/h9,16H,7-8H2,1-6H3. The molecule has 1 aromatic rings. The number of aromatic nitrogens is 2. The summed E-state index contributed by atoms with van der Waals surface area (Å²) >= 11 is 3.49. The van der Waals surface area contributed by atoms with Crippen molar-refractivity contribution < 1.29 is 0 Å². The highest BCUT2D eigenvalue weighted by Crippen LogP contribution is 2.17. The van der Waals surface area contributed by atoms with Crippen LogP contribution in [0, 0.1) is 19.8 Å². The molecule has 5 heteroatoms. The highest BCUT2D eigenvalue weighted by molar-refractivity contribution is 9.10. The number of aryl methyl sites for hydroxylation is 1. The summed E-state index contributed by atoms with van der Waals surface area (Å²) in [4.78, 5) is 16.0. The van der Waals surface area contributed by atoms with Crippen molar-refractivity contribution in [2.24, 2.45) is 5.92 Å². The maximum absolute atomic E-state index is 12.0. The number of nitrogens with zero attached hydrogens (tertiary/aromatic N) is 2. The Kier molecular flexibility index (Phi) is 5.33. The lowest BCUT2D eigenvalue weighted by atomic mass is 10.1. The third kappa shape index (κ3) is 4.73. The Bertz CT molecular complexity index is 503. The molecule has 0 radical (unpaired) electrons. The van der Waals surface area contributed by atoms with E-state index in [1.807, 2.05) is 13.8 Å². The van der Waals surface area contributed by atoms with E-state index in [1.54, 1.807) is 4.57 Å². The Morgan fingerprint density at radius 2 is 1.95 bits per heavy atom. The van der Waals surface area contributed by atoms with E-state index < -0.39 is 0 Å². The van der Waals surface area contributed by atoms with E-state index in [0.29, 0.717) is 12.5 Å². The summed E-state index contributed by atoms with van der Waals surface area (Å²) in [6.07, 6.45) is 0. The molecule has 1 heterocycles. The second-order valence-electron chi connectivity index (χ2n) is 6.23. The van der Waals surface area contributed by atoms with Crippen molar-refractivity contribution in [3.05, 3.63) is 26.3 Å². The second kappa shape index (κ2) is 6.18. The maximum Gasteiger partial charge on any atom is 0.348 e. The monoisotopic (exact) mass is 329 g/mol. The van der Waals surface area contributed by atoms with E-state index in [-0.39, 0.29) is 11.2 Å². The van der Waals surface area contributed by atoms with Crippen molar-refractivity contribution >= 4 is 15.9 Å². The maximum atomic E-state index is 12.0. The number of rotatable bonds is 4. The van der Waals surface area contributed by atoms with Crippen LogP contribution in [0.2, 0.25) is 0 Å². The van der Waals surface area contributed by atoms with Crippen LogP contribution >= 0.6 is 15.9 Å².